The topological polar surface area (TPSA) is 49.4 Å². The Morgan fingerprint density at radius 3 is 2.67 bits per heavy atom. The average molecular weight is 353 g/mol. The lowest BCUT2D eigenvalue weighted by atomic mass is 9.98. The number of halogens is 1. The molecule has 0 aromatic carbocycles. The van der Waals surface area contributed by atoms with E-state index in [1.807, 2.05) is 17.5 Å². The van der Waals surface area contributed by atoms with E-state index in [0.717, 1.165) is 30.8 Å². The highest BCUT2D eigenvalue weighted by Gasteiger charge is 2.27. The fourth-order valence-corrected chi connectivity index (χ4v) is 4.89. The molecule has 2 heterocycles. The SMILES string of the molecule is CCNCC1CCN(S(=O)(=O)CCc2cccs2)CC1.Cl. The van der Waals surface area contributed by atoms with Gasteiger partial charge in [0.15, 0.2) is 0 Å². The van der Waals surface area contributed by atoms with Gasteiger partial charge in [-0.1, -0.05) is 13.0 Å². The first-order chi connectivity index (χ1) is 9.62. The van der Waals surface area contributed by atoms with Crippen LogP contribution in [0.15, 0.2) is 17.5 Å². The van der Waals surface area contributed by atoms with Gasteiger partial charge >= 0.3 is 0 Å². The normalized spacial score (nSPS) is 17.6. The van der Waals surface area contributed by atoms with Crippen molar-refractivity contribution >= 4 is 33.8 Å². The number of nitrogens with zero attached hydrogens (tertiary/aromatic N) is 1. The maximum Gasteiger partial charge on any atom is 0.214 e. The Morgan fingerprint density at radius 1 is 1.38 bits per heavy atom. The molecule has 1 aromatic heterocycles. The molecule has 0 aliphatic carbocycles. The number of hydrogen-bond donors (Lipinski definition) is 1. The Balaban J connectivity index is 0.00000220. The molecule has 0 unspecified atom stereocenters. The Hall–Kier alpha value is -0.140. The largest absolute Gasteiger partial charge is 0.317 e. The summed E-state index contributed by atoms with van der Waals surface area (Å²) in [6.07, 6.45) is 2.59. The van der Waals surface area contributed by atoms with Crippen molar-refractivity contribution in [1.29, 1.82) is 0 Å². The molecule has 1 fully saturated rings. The molecule has 122 valence electrons. The van der Waals surface area contributed by atoms with Crippen molar-refractivity contribution in [3.8, 4) is 0 Å². The summed E-state index contributed by atoms with van der Waals surface area (Å²) in [6, 6.07) is 3.97. The first-order valence-electron chi connectivity index (χ1n) is 7.32. The lowest BCUT2D eigenvalue weighted by Crippen LogP contribution is -2.42. The molecule has 0 atom stereocenters. The van der Waals surface area contributed by atoms with Crippen LogP contribution in [-0.2, 0) is 16.4 Å². The van der Waals surface area contributed by atoms with Crippen LogP contribution < -0.4 is 5.32 Å². The van der Waals surface area contributed by atoms with Crippen LogP contribution >= 0.6 is 23.7 Å². The van der Waals surface area contributed by atoms with Crippen LogP contribution in [0.2, 0.25) is 0 Å². The molecule has 1 aromatic rings. The summed E-state index contributed by atoms with van der Waals surface area (Å²) in [6.45, 7) is 5.47. The molecule has 1 N–H and O–H groups in total. The minimum atomic E-state index is -3.08. The van der Waals surface area contributed by atoms with Crippen LogP contribution in [0, 0.1) is 5.92 Å². The molecule has 7 heteroatoms. The van der Waals surface area contributed by atoms with E-state index in [1.165, 1.54) is 0 Å². The van der Waals surface area contributed by atoms with Gasteiger partial charge in [0, 0.05) is 18.0 Å². The Bertz CT molecular complexity index is 483. The van der Waals surface area contributed by atoms with Gasteiger partial charge in [0.2, 0.25) is 10.0 Å². The van der Waals surface area contributed by atoms with E-state index in [-0.39, 0.29) is 18.2 Å². The molecule has 0 saturated carbocycles. The summed E-state index contributed by atoms with van der Waals surface area (Å²) >= 11 is 1.63. The van der Waals surface area contributed by atoms with E-state index in [2.05, 4.69) is 12.2 Å². The number of piperidine rings is 1. The quantitative estimate of drug-likeness (QED) is 0.819. The zero-order valence-electron chi connectivity index (χ0n) is 12.5. The van der Waals surface area contributed by atoms with Gasteiger partial charge in [-0.3, -0.25) is 0 Å². The summed E-state index contributed by atoms with van der Waals surface area (Å²) in [4.78, 5) is 1.15. The van der Waals surface area contributed by atoms with Crippen molar-refractivity contribution in [3.05, 3.63) is 22.4 Å². The third kappa shape index (κ3) is 5.87. The van der Waals surface area contributed by atoms with Gasteiger partial charge in [-0.05, 0) is 49.7 Å². The number of thiophene rings is 1. The van der Waals surface area contributed by atoms with E-state index in [1.54, 1.807) is 15.6 Å². The van der Waals surface area contributed by atoms with Gasteiger partial charge in [0.1, 0.15) is 0 Å². The number of aryl methyl sites for hydroxylation is 1. The first kappa shape index (κ1) is 18.9. The van der Waals surface area contributed by atoms with Gasteiger partial charge in [-0.25, -0.2) is 12.7 Å². The van der Waals surface area contributed by atoms with Crippen LogP contribution in [-0.4, -0.2) is 44.7 Å². The lowest BCUT2D eigenvalue weighted by Gasteiger charge is -2.31. The van der Waals surface area contributed by atoms with Gasteiger partial charge in [0.05, 0.1) is 5.75 Å². The van der Waals surface area contributed by atoms with Gasteiger partial charge in [-0.15, -0.1) is 23.7 Å². The molecule has 1 saturated heterocycles. The van der Waals surface area contributed by atoms with Crippen LogP contribution in [0.25, 0.3) is 0 Å². The van der Waals surface area contributed by atoms with Crippen LogP contribution in [0.5, 0.6) is 0 Å². The third-order valence-electron chi connectivity index (χ3n) is 3.84. The molecular formula is C14H25ClN2O2S2. The molecule has 0 spiro atoms. The molecule has 21 heavy (non-hydrogen) atoms. The zero-order chi connectivity index (χ0) is 14.4. The third-order valence-corrected chi connectivity index (χ3v) is 6.64. The van der Waals surface area contributed by atoms with E-state index >= 15 is 0 Å². The Kier molecular flexibility index (Phi) is 8.19. The minimum Gasteiger partial charge on any atom is -0.317 e. The average Bonchev–Trinajstić information content (AvgIpc) is 2.97. The number of rotatable bonds is 7. The first-order valence-corrected chi connectivity index (χ1v) is 9.81. The molecule has 1 aliphatic rings. The summed E-state index contributed by atoms with van der Waals surface area (Å²) < 4.78 is 26.3. The summed E-state index contributed by atoms with van der Waals surface area (Å²) in [5.41, 5.74) is 0. The van der Waals surface area contributed by atoms with Crippen molar-refractivity contribution in [2.75, 3.05) is 31.9 Å². The van der Waals surface area contributed by atoms with E-state index in [0.29, 0.717) is 25.4 Å². The number of hydrogen-bond acceptors (Lipinski definition) is 4. The van der Waals surface area contributed by atoms with Gasteiger partial charge in [-0.2, -0.15) is 0 Å². The maximum atomic E-state index is 12.3. The van der Waals surface area contributed by atoms with Crippen molar-refractivity contribution in [1.82, 2.24) is 9.62 Å². The van der Waals surface area contributed by atoms with Crippen LogP contribution in [0.4, 0.5) is 0 Å². The molecule has 0 bridgehead atoms. The van der Waals surface area contributed by atoms with Crippen molar-refractivity contribution in [2.24, 2.45) is 5.92 Å². The monoisotopic (exact) mass is 352 g/mol. The lowest BCUT2D eigenvalue weighted by molar-refractivity contribution is 0.268. The molecule has 1 aliphatic heterocycles. The highest BCUT2D eigenvalue weighted by molar-refractivity contribution is 7.89. The zero-order valence-corrected chi connectivity index (χ0v) is 14.9. The predicted molar refractivity (Wildman–Crippen MR) is 91.9 cm³/mol. The second kappa shape index (κ2) is 9.10. The van der Waals surface area contributed by atoms with Gasteiger partial charge in [0.25, 0.3) is 0 Å². The van der Waals surface area contributed by atoms with E-state index < -0.39 is 10.0 Å². The number of nitrogens with one attached hydrogen (secondary N) is 1. The fraction of sp³-hybridized carbons (Fsp3) is 0.714. The molecule has 4 nitrogen and oxygen atoms in total. The fourth-order valence-electron chi connectivity index (χ4n) is 2.55. The predicted octanol–water partition coefficient (Wildman–Crippen LogP) is 2.36. The Morgan fingerprint density at radius 2 is 2.10 bits per heavy atom. The highest BCUT2D eigenvalue weighted by Crippen LogP contribution is 2.20. The molecule has 0 radical (unpaired) electrons. The maximum absolute atomic E-state index is 12.3. The number of sulfonamides is 1. The minimum absolute atomic E-state index is 0. The standard InChI is InChI=1S/C14H24N2O2S2.ClH/c1-2-15-12-13-5-8-16(9-6-13)20(17,18)11-7-14-4-3-10-19-14;/h3-4,10,13,15H,2,5-9,11-12H2,1H3;1H. The summed E-state index contributed by atoms with van der Waals surface area (Å²) in [7, 11) is -3.08. The van der Waals surface area contributed by atoms with Crippen LogP contribution in [0.1, 0.15) is 24.6 Å². The van der Waals surface area contributed by atoms with E-state index in [9.17, 15) is 8.42 Å². The van der Waals surface area contributed by atoms with Crippen molar-refractivity contribution in [3.63, 3.8) is 0 Å². The van der Waals surface area contributed by atoms with Crippen molar-refractivity contribution in [2.45, 2.75) is 26.2 Å². The van der Waals surface area contributed by atoms with Gasteiger partial charge < -0.3 is 5.32 Å². The van der Waals surface area contributed by atoms with E-state index in [4.69, 9.17) is 0 Å². The van der Waals surface area contributed by atoms with Crippen LogP contribution in [0.3, 0.4) is 0 Å². The second-order valence-corrected chi connectivity index (χ2v) is 8.42. The summed E-state index contributed by atoms with van der Waals surface area (Å²) in [5, 5.41) is 5.34. The smallest absolute Gasteiger partial charge is 0.214 e. The molecule has 0 amide bonds. The Labute approximate surface area is 138 Å². The molecule has 2 rings (SSSR count). The molecular weight excluding hydrogens is 328 g/mol. The summed E-state index contributed by atoms with van der Waals surface area (Å²) in [5.74, 6) is 0.865. The van der Waals surface area contributed by atoms with Crippen molar-refractivity contribution < 1.29 is 8.42 Å². The highest BCUT2D eigenvalue weighted by atomic mass is 35.5. The second-order valence-electron chi connectivity index (χ2n) is 5.30.